The number of hydrogen-bond acceptors (Lipinski definition) is 6. The highest BCUT2D eigenvalue weighted by atomic mass is 19.1. The van der Waals surface area contributed by atoms with E-state index in [2.05, 4.69) is 4.98 Å². The van der Waals surface area contributed by atoms with Crippen molar-refractivity contribution in [2.24, 2.45) is 5.73 Å². The number of ether oxygens (including phenoxy) is 1. The van der Waals surface area contributed by atoms with Gasteiger partial charge in [0.25, 0.3) is 11.5 Å². The Labute approximate surface area is 106 Å². The number of amides is 1. The lowest BCUT2D eigenvalue weighted by Gasteiger charge is -2.17. The third-order valence-electron chi connectivity index (χ3n) is 2.89. The van der Waals surface area contributed by atoms with Crippen LogP contribution in [0.2, 0.25) is 0 Å². The highest BCUT2D eigenvalue weighted by molar-refractivity contribution is 5.90. The summed E-state index contributed by atoms with van der Waals surface area (Å²) in [6.45, 7) is 1.48. The number of aliphatic hydroxyl groups excluding tert-OH is 2. The van der Waals surface area contributed by atoms with E-state index in [1.54, 1.807) is 0 Å². The molecule has 104 valence electrons. The number of hydrogen-bond donors (Lipinski definition) is 3. The molecule has 4 unspecified atom stereocenters. The Balaban J connectivity index is 2.52. The second-order valence-electron chi connectivity index (χ2n) is 4.20. The van der Waals surface area contributed by atoms with Gasteiger partial charge in [-0.3, -0.25) is 14.2 Å². The maximum atomic E-state index is 13.3. The number of primary amides is 1. The van der Waals surface area contributed by atoms with Gasteiger partial charge in [-0.05, 0) is 6.92 Å². The number of carbonyl (C=O) groups is 1. The molecule has 9 heteroatoms. The molecule has 19 heavy (non-hydrogen) atoms. The van der Waals surface area contributed by atoms with Gasteiger partial charge in [-0.1, -0.05) is 0 Å². The van der Waals surface area contributed by atoms with Gasteiger partial charge in [0.15, 0.2) is 11.9 Å². The summed E-state index contributed by atoms with van der Waals surface area (Å²) in [5.74, 6) is -2.32. The predicted octanol–water partition coefficient (Wildman–Crippen LogP) is -1.88. The lowest BCUT2D eigenvalue weighted by Crippen LogP contribution is -2.38. The van der Waals surface area contributed by atoms with Crippen molar-refractivity contribution in [3.05, 3.63) is 28.2 Å². The van der Waals surface area contributed by atoms with Crippen molar-refractivity contribution in [2.75, 3.05) is 0 Å². The first kappa shape index (κ1) is 13.6. The third kappa shape index (κ3) is 2.23. The summed E-state index contributed by atoms with van der Waals surface area (Å²) in [7, 11) is 0. The fourth-order valence-electron chi connectivity index (χ4n) is 1.89. The average molecular weight is 273 g/mol. The molecule has 1 amide bonds. The smallest absolute Gasteiger partial charge is 0.284 e. The second-order valence-corrected chi connectivity index (χ2v) is 4.20. The summed E-state index contributed by atoms with van der Waals surface area (Å²) in [4.78, 5) is 25.9. The zero-order chi connectivity index (χ0) is 14.3. The van der Waals surface area contributed by atoms with E-state index in [1.807, 2.05) is 0 Å². The van der Waals surface area contributed by atoms with Crippen LogP contribution in [0.4, 0.5) is 4.39 Å². The zero-order valence-corrected chi connectivity index (χ0v) is 9.86. The molecule has 0 radical (unpaired) electrons. The van der Waals surface area contributed by atoms with Crippen LogP contribution in [-0.4, -0.2) is 44.0 Å². The van der Waals surface area contributed by atoms with Crippen LogP contribution in [-0.2, 0) is 4.74 Å². The molecule has 1 aromatic rings. The number of aromatic nitrogens is 2. The highest BCUT2D eigenvalue weighted by Crippen LogP contribution is 2.27. The molecule has 0 spiro atoms. The highest BCUT2D eigenvalue weighted by Gasteiger charge is 2.42. The number of carbonyl (C=O) groups excluding carboxylic acids is 1. The monoisotopic (exact) mass is 273 g/mol. The molecule has 2 rings (SSSR count). The van der Waals surface area contributed by atoms with Crippen LogP contribution in [0.15, 0.2) is 11.0 Å². The summed E-state index contributed by atoms with van der Waals surface area (Å²) in [5, 5.41) is 19.3. The Morgan fingerprint density at radius 2 is 2.16 bits per heavy atom. The molecule has 4 atom stereocenters. The largest absolute Gasteiger partial charge is 0.388 e. The van der Waals surface area contributed by atoms with Crippen LogP contribution in [0, 0.1) is 5.95 Å². The molecule has 0 aromatic carbocycles. The molecule has 1 aliphatic rings. The normalized spacial score (nSPS) is 30.5. The van der Waals surface area contributed by atoms with E-state index < -0.39 is 47.6 Å². The van der Waals surface area contributed by atoms with E-state index >= 15 is 0 Å². The summed E-state index contributed by atoms with van der Waals surface area (Å²) in [6, 6.07) is 0. The minimum Gasteiger partial charge on any atom is -0.388 e. The molecular weight excluding hydrogens is 261 g/mol. The number of halogens is 1. The molecule has 1 saturated heterocycles. The lowest BCUT2D eigenvalue weighted by atomic mass is 10.1. The fourth-order valence-corrected chi connectivity index (χ4v) is 1.89. The number of aliphatic hydroxyl groups is 2. The van der Waals surface area contributed by atoms with Gasteiger partial charge < -0.3 is 20.7 Å². The number of nitrogens with zero attached hydrogens (tertiary/aromatic N) is 2. The quantitative estimate of drug-likeness (QED) is 0.578. The Kier molecular flexibility index (Phi) is 3.35. The van der Waals surface area contributed by atoms with Crippen LogP contribution in [0.3, 0.4) is 0 Å². The van der Waals surface area contributed by atoms with E-state index in [0.29, 0.717) is 10.8 Å². The first-order valence-electron chi connectivity index (χ1n) is 5.43. The number of nitrogens with two attached hydrogens (primary N) is 1. The molecule has 0 bridgehead atoms. The maximum Gasteiger partial charge on any atom is 0.284 e. The Hall–Kier alpha value is -1.84. The third-order valence-corrected chi connectivity index (χ3v) is 2.89. The lowest BCUT2D eigenvalue weighted by molar-refractivity contribution is -0.0351. The van der Waals surface area contributed by atoms with Gasteiger partial charge in [-0.15, -0.1) is 0 Å². The van der Waals surface area contributed by atoms with E-state index in [4.69, 9.17) is 10.5 Å². The molecule has 0 saturated carbocycles. The molecule has 1 aliphatic heterocycles. The summed E-state index contributed by atoms with van der Waals surface area (Å²) >= 11 is 0. The van der Waals surface area contributed by atoms with Crippen molar-refractivity contribution in [1.29, 1.82) is 0 Å². The predicted molar refractivity (Wildman–Crippen MR) is 58.6 cm³/mol. The summed E-state index contributed by atoms with van der Waals surface area (Å²) < 4.78 is 19.1. The summed E-state index contributed by atoms with van der Waals surface area (Å²) in [6.07, 6.45) is -4.05. The van der Waals surface area contributed by atoms with E-state index in [9.17, 15) is 24.2 Å². The van der Waals surface area contributed by atoms with Gasteiger partial charge in [0.05, 0.1) is 12.3 Å². The van der Waals surface area contributed by atoms with Crippen LogP contribution >= 0.6 is 0 Å². The minimum absolute atomic E-state index is 0.653. The molecule has 0 aliphatic carbocycles. The van der Waals surface area contributed by atoms with Crippen molar-refractivity contribution < 1.29 is 24.1 Å². The molecule has 8 nitrogen and oxygen atoms in total. The molecule has 4 N–H and O–H groups in total. The van der Waals surface area contributed by atoms with Gasteiger partial charge in [0.1, 0.15) is 12.2 Å². The molecule has 1 aromatic heterocycles. The van der Waals surface area contributed by atoms with Crippen LogP contribution in [0.5, 0.6) is 0 Å². The van der Waals surface area contributed by atoms with Crippen molar-refractivity contribution in [3.63, 3.8) is 0 Å². The fraction of sp³-hybridized carbons (Fsp3) is 0.500. The molecular formula is C10H12FN3O5. The van der Waals surface area contributed by atoms with Gasteiger partial charge >= 0.3 is 0 Å². The van der Waals surface area contributed by atoms with E-state index in [0.717, 1.165) is 0 Å². The van der Waals surface area contributed by atoms with Crippen molar-refractivity contribution >= 4 is 5.91 Å². The van der Waals surface area contributed by atoms with Gasteiger partial charge in [-0.25, -0.2) is 4.98 Å². The van der Waals surface area contributed by atoms with Crippen molar-refractivity contribution in [2.45, 2.75) is 31.5 Å². The van der Waals surface area contributed by atoms with E-state index in [-0.39, 0.29) is 0 Å². The topological polar surface area (TPSA) is 128 Å². The summed E-state index contributed by atoms with van der Waals surface area (Å²) in [5.41, 5.74) is 3.10. The Morgan fingerprint density at radius 1 is 1.53 bits per heavy atom. The van der Waals surface area contributed by atoms with Crippen molar-refractivity contribution in [3.8, 4) is 0 Å². The Morgan fingerprint density at radius 3 is 2.63 bits per heavy atom. The first-order chi connectivity index (χ1) is 8.82. The first-order valence-corrected chi connectivity index (χ1v) is 5.43. The van der Waals surface area contributed by atoms with Gasteiger partial charge in [0, 0.05) is 0 Å². The van der Waals surface area contributed by atoms with E-state index in [1.165, 1.54) is 6.92 Å². The van der Waals surface area contributed by atoms with Crippen LogP contribution in [0.25, 0.3) is 0 Å². The second kappa shape index (κ2) is 4.68. The zero-order valence-electron chi connectivity index (χ0n) is 9.86. The van der Waals surface area contributed by atoms with Gasteiger partial charge in [-0.2, -0.15) is 4.39 Å². The van der Waals surface area contributed by atoms with Crippen LogP contribution < -0.4 is 11.3 Å². The number of rotatable bonds is 2. The van der Waals surface area contributed by atoms with Gasteiger partial charge in [0.2, 0.25) is 5.95 Å². The molecule has 1 fully saturated rings. The molecule has 2 heterocycles. The average Bonchev–Trinajstić information content (AvgIpc) is 2.59. The Bertz CT molecular complexity index is 575. The minimum atomic E-state index is -1.43. The van der Waals surface area contributed by atoms with Crippen molar-refractivity contribution in [1.82, 2.24) is 9.55 Å². The standard InChI is InChI=1S/C10H12FN3O5/c1-3-6(15)7(16)10(19-3)14-2-4(11)13-5(8(12)17)9(14)18/h2-3,6-7,10,15-16H,1H3,(H2,12,17). The SMILES string of the molecule is CC1OC(n2cc(F)nc(C(N)=O)c2=O)C(O)C1O. The van der Waals surface area contributed by atoms with Crippen LogP contribution in [0.1, 0.15) is 23.6 Å². The maximum absolute atomic E-state index is 13.3.